The van der Waals surface area contributed by atoms with Gasteiger partial charge in [-0.15, -0.1) is 12.4 Å². The monoisotopic (exact) mass is 380 g/mol. The van der Waals surface area contributed by atoms with Crippen LogP contribution in [0.25, 0.3) is 11.3 Å². The number of benzene rings is 1. The van der Waals surface area contributed by atoms with Crippen molar-refractivity contribution >= 4 is 24.0 Å². The van der Waals surface area contributed by atoms with E-state index in [0.717, 1.165) is 22.8 Å². The van der Waals surface area contributed by atoms with Crippen LogP contribution >= 0.6 is 24.0 Å². The molecule has 2 fully saturated rings. The van der Waals surface area contributed by atoms with Gasteiger partial charge in [0.25, 0.3) is 0 Å². The van der Waals surface area contributed by atoms with Crippen molar-refractivity contribution in [2.75, 3.05) is 26.2 Å². The van der Waals surface area contributed by atoms with E-state index in [0.29, 0.717) is 5.41 Å². The quantitative estimate of drug-likeness (QED) is 0.880. The van der Waals surface area contributed by atoms with Crippen molar-refractivity contribution in [2.24, 2.45) is 12.5 Å². The number of hydrogen-bond acceptors (Lipinski definition) is 3. The first kappa shape index (κ1) is 18.7. The average molecular weight is 381 g/mol. The predicted molar refractivity (Wildman–Crippen MR) is 105 cm³/mol. The number of rotatable bonds is 3. The van der Waals surface area contributed by atoms with Gasteiger partial charge in [0, 0.05) is 37.5 Å². The summed E-state index contributed by atoms with van der Waals surface area (Å²) in [6.07, 6.45) is 6.10. The molecule has 2 aliphatic heterocycles. The van der Waals surface area contributed by atoms with Gasteiger partial charge in [0.1, 0.15) is 0 Å². The summed E-state index contributed by atoms with van der Waals surface area (Å²) in [7, 11) is 1.99. The van der Waals surface area contributed by atoms with Crippen molar-refractivity contribution in [1.29, 1.82) is 0 Å². The molecule has 0 amide bonds. The molecule has 136 valence electrons. The highest BCUT2D eigenvalue weighted by molar-refractivity contribution is 6.33. The average Bonchev–Trinajstić information content (AvgIpc) is 3.13. The van der Waals surface area contributed by atoms with Gasteiger partial charge in [-0.2, -0.15) is 5.10 Å². The SMILES string of the molecule is Cl.Cn1cc(CN2CCC3(CCNCC3)C2)c(-c2ccccc2Cl)n1. The Labute approximate surface area is 160 Å². The van der Waals surface area contributed by atoms with Crippen LogP contribution in [0.15, 0.2) is 30.5 Å². The van der Waals surface area contributed by atoms with E-state index in [4.69, 9.17) is 11.6 Å². The maximum absolute atomic E-state index is 6.40. The number of halogens is 2. The van der Waals surface area contributed by atoms with E-state index in [1.54, 1.807) is 0 Å². The van der Waals surface area contributed by atoms with Crippen molar-refractivity contribution in [2.45, 2.75) is 25.8 Å². The lowest BCUT2D eigenvalue weighted by molar-refractivity contribution is 0.194. The molecule has 25 heavy (non-hydrogen) atoms. The van der Waals surface area contributed by atoms with Gasteiger partial charge in [-0.1, -0.05) is 29.8 Å². The van der Waals surface area contributed by atoms with E-state index >= 15 is 0 Å². The van der Waals surface area contributed by atoms with E-state index in [-0.39, 0.29) is 12.4 Å². The van der Waals surface area contributed by atoms with Gasteiger partial charge in [-0.25, -0.2) is 0 Å². The smallest absolute Gasteiger partial charge is 0.0983 e. The zero-order valence-electron chi connectivity index (χ0n) is 14.7. The maximum atomic E-state index is 6.40. The number of likely N-dealkylation sites (tertiary alicyclic amines) is 1. The van der Waals surface area contributed by atoms with E-state index in [9.17, 15) is 0 Å². The Hall–Kier alpha value is -1.07. The number of hydrogen-bond donors (Lipinski definition) is 1. The first-order valence-corrected chi connectivity index (χ1v) is 9.24. The molecule has 1 aromatic heterocycles. The standard InChI is InChI=1S/C19H25ClN4.ClH/c1-23-12-15(18(22-23)16-4-2-3-5-17(16)20)13-24-11-8-19(14-24)6-9-21-10-7-19;/h2-5,12,21H,6-11,13-14H2,1H3;1H. The molecule has 1 N–H and O–H groups in total. The van der Waals surface area contributed by atoms with Gasteiger partial charge in [0.05, 0.1) is 10.7 Å². The number of piperidine rings is 1. The summed E-state index contributed by atoms with van der Waals surface area (Å²) in [6, 6.07) is 8.00. The minimum absolute atomic E-state index is 0. The van der Waals surface area contributed by atoms with Gasteiger partial charge >= 0.3 is 0 Å². The van der Waals surface area contributed by atoms with Crippen LogP contribution in [0.1, 0.15) is 24.8 Å². The number of aromatic nitrogens is 2. The first-order valence-electron chi connectivity index (χ1n) is 8.86. The fraction of sp³-hybridized carbons (Fsp3) is 0.526. The third-order valence-electron chi connectivity index (χ3n) is 5.61. The number of aryl methyl sites for hydroxylation is 1. The molecule has 1 spiro atoms. The van der Waals surface area contributed by atoms with Gasteiger partial charge in [0.2, 0.25) is 0 Å². The zero-order chi connectivity index (χ0) is 16.6. The second kappa shape index (κ2) is 7.67. The van der Waals surface area contributed by atoms with Crippen LogP contribution in [0.3, 0.4) is 0 Å². The van der Waals surface area contributed by atoms with Crippen LogP contribution < -0.4 is 5.32 Å². The molecule has 0 aliphatic carbocycles. The molecular formula is C19H26Cl2N4. The maximum Gasteiger partial charge on any atom is 0.0983 e. The lowest BCUT2D eigenvalue weighted by atomic mass is 9.78. The number of nitrogens with zero attached hydrogens (tertiary/aromatic N) is 3. The molecule has 3 heterocycles. The predicted octanol–water partition coefficient (Wildman–Crippen LogP) is 3.74. The van der Waals surface area contributed by atoms with Gasteiger partial charge < -0.3 is 5.32 Å². The minimum atomic E-state index is 0. The zero-order valence-corrected chi connectivity index (χ0v) is 16.2. The van der Waals surface area contributed by atoms with Crippen molar-refractivity contribution in [3.63, 3.8) is 0 Å². The van der Waals surface area contributed by atoms with Crippen LogP contribution in [0.5, 0.6) is 0 Å². The highest BCUT2D eigenvalue weighted by Gasteiger charge is 2.38. The van der Waals surface area contributed by atoms with E-state index in [2.05, 4.69) is 27.6 Å². The third-order valence-corrected chi connectivity index (χ3v) is 5.94. The Morgan fingerprint density at radius 2 is 1.96 bits per heavy atom. The molecule has 4 rings (SSSR count). The highest BCUT2D eigenvalue weighted by atomic mass is 35.5. The summed E-state index contributed by atoms with van der Waals surface area (Å²) < 4.78 is 1.91. The molecule has 0 atom stereocenters. The molecule has 2 aliphatic rings. The van der Waals surface area contributed by atoms with Crippen molar-refractivity contribution < 1.29 is 0 Å². The summed E-state index contributed by atoms with van der Waals surface area (Å²) >= 11 is 6.40. The number of nitrogens with one attached hydrogen (secondary N) is 1. The summed E-state index contributed by atoms with van der Waals surface area (Å²) in [5.74, 6) is 0. The molecule has 2 saturated heterocycles. The van der Waals surface area contributed by atoms with Crippen LogP contribution in [0, 0.1) is 5.41 Å². The van der Waals surface area contributed by atoms with E-state index in [1.807, 2.05) is 29.9 Å². The van der Waals surface area contributed by atoms with Crippen LogP contribution in [0.2, 0.25) is 5.02 Å². The fourth-order valence-corrected chi connectivity index (χ4v) is 4.53. The Morgan fingerprint density at radius 3 is 2.72 bits per heavy atom. The molecule has 1 aromatic carbocycles. The lowest BCUT2D eigenvalue weighted by Gasteiger charge is -2.33. The summed E-state index contributed by atoms with van der Waals surface area (Å²) in [4.78, 5) is 2.60. The van der Waals surface area contributed by atoms with Gasteiger partial charge in [-0.05, 0) is 50.4 Å². The molecule has 6 heteroatoms. The molecular weight excluding hydrogens is 355 g/mol. The fourth-order valence-electron chi connectivity index (χ4n) is 4.30. The Kier molecular flexibility index (Phi) is 5.74. The Bertz CT molecular complexity index is 722. The van der Waals surface area contributed by atoms with Crippen LogP contribution in [0.4, 0.5) is 0 Å². The molecule has 4 nitrogen and oxygen atoms in total. The normalized spacial score (nSPS) is 19.9. The van der Waals surface area contributed by atoms with Crippen molar-refractivity contribution in [1.82, 2.24) is 20.0 Å². The summed E-state index contributed by atoms with van der Waals surface area (Å²) in [5.41, 5.74) is 3.87. The molecule has 0 unspecified atom stereocenters. The Morgan fingerprint density at radius 1 is 1.20 bits per heavy atom. The first-order chi connectivity index (χ1) is 11.7. The van der Waals surface area contributed by atoms with E-state index in [1.165, 1.54) is 51.0 Å². The second-order valence-electron chi connectivity index (χ2n) is 7.37. The highest BCUT2D eigenvalue weighted by Crippen LogP contribution is 2.39. The molecule has 0 saturated carbocycles. The molecule has 0 radical (unpaired) electrons. The van der Waals surface area contributed by atoms with Crippen LogP contribution in [-0.4, -0.2) is 40.9 Å². The molecule has 0 bridgehead atoms. The Balaban J connectivity index is 0.00000182. The second-order valence-corrected chi connectivity index (χ2v) is 7.77. The topological polar surface area (TPSA) is 33.1 Å². The molecule has 2 aromatic rings. The summed E-state index contributed by atoms with van der Waals surface area (Å²) in [6.45, 7) is 5.71. The van der Waals surface area contributed by atoms with Crippen molar-refractivity contribution in [3.8, 4) is 11.3 Å². The van der Waals surface area contributed by atoms with Gasteiger partial charge in [-0.3, -0.25) is 9.58 Å². The van der Waals surface area contributed by atoms with Gasteiger partial charge in [0.15, 0.2) is 0 Å². The summed E-state index contributed by atoms with van der Waals surface area (Å²) in [5, 5.41) is 8.95. The van der Waals surface area contributed by atoms with Crippen LogP contribution in [-0.2, 0) is 13.6 Å². The lowest BCUT2D eigenvalue weighted by Crippen LogP contribution is -2.38. The third kappa shape index (κ3) is 3.87. The minimum Gasteiger partial charge on any atom is -0.317 e. The largest absolute Gasteiger partial charge is 0.317 e. The van der Waals surface area contributed by atoms with E-state index < -0.39 is 0 Å². The van der Waals surface area contributed by atoms with Crippen molar-refractivity contribution in [3.05, 3.63) is 41.0 Å².